The van der Waals surface area contributed by atoms with Crippen molar-refractivity contribution in [3.8, 4) is 11.5 Å². The molecule has 0 amide bonds. The van der Waals surface area contributed by atoms with E-state index in [9.17, 15) is 9.59 Å². The van der Waals surface area contributed by atoms with Gasteiger partial charge in [0.1, 0.15) is 0 Å². The molecular weight excluding hydrogens is 512 g/mol. The molecule has 4 aromatic rings. The van der Waals surface area contributed by atoms with Gasteiger partial charge in [-0.15, -0.1) is 0 Å². The highest BCUT2D eigenvalue weighted by molar-refractivity contribution is 7.07. The van der Waals surface area contributed by atoms with Crippen LogP contribution in [0, 0.1) is 0 Å². The first-order valence-corrected chi connectivity index (χ1v) is 13.7. The number of carbonyl (C=O) groups excluding carboxylic acids is 1. The van der Waals surface area contributed by atoms with Crippen molar-refractivity contribution in [1.29, 1.82) is 0 Å². The molecule has 0 bridgehead atoms. The molecule has 8 heteroatoms. The summed E-state index contributed by atoms with van der Waals surface area (Å²) in [5, 5.41) is 2.14. The van der Waals surface area contributed by atoms with Gasteiger partial charge < -0.3 is 14.2 Å². The van der Waals surface area contributed by atoms with E-state index < -0.39 is 12.0 Å². The van der Waals surface area contributed by atoms with Crippen molar-refractivity contribution in [3.05, 3.63) is 103 Å². The average molecular weight is 543 g/mol. The summed E-state index contributed by atoms with van der Waals surface area (Å²) in [4.78, 5) is 32.4. The summed E-state index contributed by atoms with van der Waals surface area (Å²) in [6, 6.07) is 18.8. The van der Waals surface area contributed by atoms with Crippen molar-refractivity contribution in [2.24, 2.45) is 4.99 Å². The van der Waals surface area contributed by atoms with E-state index >= 15 is 0 Å². The predicted molar refractivity (Wildman–Crippen MR) is 153 cm³/mol. The lowest BCUT2D eigenvalue weighted by molar-refractivity contribution is -0.139. The van der Waals surface area contributed by atoms with Crippen LogP contribution in [0.3, 0.4) is 0 Å². The maximum Gasteiger partial charge on any atom is 0.338 e. The van der Waals surface area contributed by atoms with Crippen LogP contribution in [-0.2, 0) is 9.53 Å². The van der Waals surface area contributed by atoms with Crippen molar-refractivity contribution < 1.29 is 19.0 Å². The minimum Gasteiger partial charge on any atom is -0.493 e. The Kier molecular flexibility index (Phi) is 7.39. The molecule has 1 aliphatic rings. The molecule has 0 fully saturated rings. The first-order chi connectivity index (χ1) is 18.8. The Hall–Kier alpha value is -4.17. The molecule has 1 atom stereocenters. The molecule has 0 saturated heterocycles. The van der Waals surface area contributed by atoms with Gasteiger partial charge in [0.05, 0.1) is 41.7 Å². The molecule has 0 unspecified atom stereocenters. The van der Waals surface area contributed by atoms with Crippen LogP contribution in [-0.4, -0.2) is 30.4 Å². The van der Waals surface area contributed by atoms with E-state index in [0.29, 0.717) is 37.7 Å². The topological polar surface area (TPSA) is 79.1 Å². The number of ether oxygens (including phenoxy) is 3. The third-order valence-electron chi connectivity index (χ3n) is 6.49. The number of hydrogen-bond donors (Lipinski definition) is 0. The molecule has 0 saturated carbocycles. The zero-order chi connectivity index (χ0) is 27.7. The standard InChI is InChI=1S/C31H30N2O5S/c1-6-37-30(35)27-19(4)32-31-33(28(27)22-14-15-24(38-18(2)3)25(16-22)36-5)29(34)26(39-31)17-21-12-9-11-20-10-7-8-13-23(20)21/h7-18,28H,6H2,1-5H3/b26-17+/t28-/m0/s1. The minimum absolute atomic E-state index is 0.0475. The van der Waals surface area contributed by atoms with Gasteiger partial charge in [0.25, 0.3) is 5.56 Å². The number of hydrogen-bond acceptors (Lipinski definition) is 7. The molecule has 2 heterocycles. The first-order valence-electron chi connectivity index (χ1n) is 12.8. The van der Waals surface area contributed by atoms with Crippen LogP contribution in [0.15, 0.2) is 81.7 Å². The summed E-state index contributed by atoms with van der Waals surface area (Å²) in [5.74, 6) is 0.587. The lowest BCUT2D eigenvalue weighted by Gasteiger charge is -2.25. The normalized spacial score (nSPS) is 15.3. The molecule has 7 nitrogen and oxygen atoms in total. The van der Waals surface area contributed by atoms with Gasteiger partial charge in [0.15, 0.2) is 16.3 Å². The Bertz CT molecular complexity index is 1780. The lowest BCUT2D eigenvalue weighted by atomic mass is 9.95. The van der Waals surface area contributed by atoms with Crippen LogP contribution in [0.1, 0.15) is 44.9 Å². The Morgan fingerprint density at radius 1 is 1.10 bits per heavy atom. The van der Waals surface area contributed by atoms with Gasteiger partial charge in [-0.2, -0.15) is 0 Å². The summed E-state index contributed by atoms with van der Waals surface area (Å²) < 4.78 is 19.0. The van der Waals surface area contributed by atoms with Gasteiger partial charge in [-0.25, -0.2) is 9.79 Å². The number of methoxy groups -OCH3 is 1. The van der Waals surface area contributed by atoms with Crippen LogP contribution >= 0.6 is 11.3 Å². The number of nitrogens with zero attached hydrogens (tertiary/aromatic N) is 2. The third kappa shape index (κ3) is 5.00. The predicted octanol–water partition coefficient (Wildman–Crippen LogP) is 4.75. The van der Waals surface area contributed by atoms with Crippen LogP contribution in [0.25, 0.3) is 16.8 Å². The largest absolute Gasteiger partial charge is 0.493 e. The van der Waals surface area contributed by atoms with Gasteiger partial charge in [-0.3, -0.25) is 9.36 Å². The second kappa shape index (κ2) is 10.9. The number of rotatable bonds is 7. The summed E-state index contributed by atoms with van der Waals surface area (Å²) in [5.41, 5.74) is 2.23. The van der Waals surface area contributed by atoms with E-state index in [1.54, 1.807) is 31.6 Å². The highest BCUT2D eigenvalue weighted by Gasteiger charge is 2.34. The molecule has 5 rings (SSSR count). The van der Waals surface area contributed by atoms with Crippen molar-refractivity contribution in [2.45, 2.75) is 39.8 Å². The van der Waals surface area contributed by atoms with E-state index in [4.69, 9.17) is 14.2 Å². The van der Waals surface area contributed by atoms with Crippen LogP contribution in [0.5, 0.6) is 11.5 Å². The molecule has 3 aromatic carbocycles. The van der Waals surface area contributed by atoms with Gasteiger partial charge in [0.2, 0.25) is 0 Å². The minimum atomic E-state index is -0.739. The Morgan fingerprint density at radius 3 is 2.62 bits per heavy atom. The molecule has 1 aliphatic heterocycles. The van der Waals surface area contributed by atoms with Crippen LogP contribution in [0.4, 0.5) is 0 Å². The molecule has 39 heavy (non-hydrogen) atoms. The number of thiazole rings is 1. The van der Waals surface area contributed by atoms with Crippen molar-refractivity contribution in [3.63, 3.8) is 0 Å². The van der Waals surface area contributed by atoms with Gasteiger partial charge in [-0.05, 0) is 67.8 Å². The zero-order valence-corrected chi connectivity index (χ0v) is 23.4. The maximum atomic E-state index is 14.0. The smallest absolute Gasteiger partial charge is 0.338 e. The number of allylic oxidation sites excluding steroid dienone is 1. The number of carbonyl (C=O) groups is 1. The van der Waals surface area contributed by atoms with Crippen molar-refractivity contribution in [1.82, 2.24) is 4.57 Å². The monoisotopic (exact) mass is 542 g/mol. The molecule has 0 radical (unpaired) electrons. The highest BCUT2D eigenvalue weighted by Crippen LogP contribution is 2.36. The fourth-order valence-corrected chi connectivity index (χ4v) is 5.87. The average Bonchev–Trinajstić information content (AvgIpc) is 3.22. The van der Waals surface area contributed by atoms with Crippen LogP contribution in [0.2, 0.25) is 0 Å². The fraction of sp³-hybridized carbons (Fsp3) is 0.258. The summed E-state index contributed by atoms with van der Waals surface area (Å²) >= 11 is 1.30. The van der Waals surface area contributed by atoms with E-state index in [2.05, 4.69) is 4.99 Å². The fourth-order valence-electron chi connectivity index (χ4n) is 4.83. The van der Waals surface area contributed by atoms with E-state index in [1.165, 1.54) is 11.3 Å². The van der Waals surface area contributed by atoms with E-state index in [1.807, 2.05) is 74.5 Å². The zero-order valence-electron chi connectivity index (χ0n) is 22.6. The molecule has 0 aliphatic carbocycles. The van der Waals surface area contributed by atoms with Crippen molar-refractivity contribution in [2.75, 3.05) is 13.7 Å². The Labute approximate surface area is 230 Å². The third-order valence-corrected chi connectivity index (χ3v) is 7.48. The lowest BCUT2D eigenvalue weighted by Crippen LogP contribution is -2.40. The molecule has 0 N–H and O–H groups in total. The van der Waals surface area contributed by atoms with Crippen LogP contribution < -0.4 is 24.4 Å². The summed E-state index contributed by atoms with van der Waals surface area (Å²) in [6.45, 7) is 7.61. The quantitative estimate of drug-likeness (QED) is 0.315. The second-order valence-electron chi connectivity index (χ2n) is 9.45. The first kappa shape index (κ1) is 26.4. The Morgan fingerprint density at radius 2 is 1.87 bits per heavy atom. The summed E-state index contributed by atoms with van der Waals surface area (Å²) in [6.07, 6.45) is 1.85. The SMILES string of the molecule is CCOC(=O)C1=C(C)N=c2s/c(=C/c3cccc4ccccc34)c(=O)n2[C@H]1c1ccc(OC(C)C)c(OC)c1. The van der Waals surface area contributed by atoms with E-state index in [-0.39, 0.29) is 18.3 Å². The maximum absolute atomic E-state index is 14.0. The van der Waals surface area contributed by atoms with Gasteiger partial charge in [0, 0.05) is 0 Å². The van der Waals surface area contributed by atoms with Crippen molar-refractivity contribution >= 4 is 34.2 Å². The number of aromatic nitrogens is 1. The molecule has 1 aromatic heterocycles. The number of fused-ring (bicyclic) bond motifs is 2. The molecular formula is C31H30N2O5S. The summed E-state index contributed by atoms with van der Waals surface area (Å²) in [7, 11) is 1.56. The molecule has 0 spiro atoms. The van der Waals surface area contributed by atoms with E-state index in [0.717, 1.165) is 16.3 Å². The molecule has 200 valence electrons. The second-order valence-corrected chi connectivity index (χ2v) is 10.5. The highest BCUT2D eigenvalue weighted by atomic mass is 32.1. The van der Waals surface area contributed by atoms with Gasteiger partial charge in [-0.1, -0.05) is 59.9 Å². The number of esters is 1. The van der Waals surface area contributed by atoms with Gasteiger partial charge >= 0.3 is 5.97 Å². The number of benzene rings is 3. The Balaban J connectivity index is 1.73.